The molecule has 4 rings (SSSR count). The quantitative estimate of drug-likeness (QED) is 0.353. The van der Waals surface area contributed by atoms with Gasteiger partial charge in [0.05, 0.1) is 0 Å². The van der Waals surface area contributed by atoms with Crippen molar-refractivity contribution in [2.75, 3.05) is 0 Å². The van der Waals surface area contributed by atoms with E-state index in [2.05, 4.69) is 40.7 Å². The highest BCUT2D eigenvalue weighted by atomic mass is 79.9. The zero-order chi connectivity index (χ0) is 22.0. The number of benzene rings is 3. The van der Waals surface area contributed by atoms with Crippen molar-refractivity contribution < 1.29 is 13.9 Å². The van der Waals surface area contributed by atoms with E-state index in [9.17, 15) is 13.9 Å². The Morgan fingerprint density at radius 3 is 2.42 bits per heavy atom. The molecule has 0 unspecified atom stereocenters. The standard InChI is InChI=1S/C27H23BrF2O/c1-17(31)20-4-2-5-21(14-20)24-6-3-7-25(24)26-15-22(28)12-10-18(26)8-9-19-11-13-23(29)16-27(19)30/h2,4-5,10-16,31H,1,3,6-9H2. The lowest BCUT2D eigenvalue weighted by molar-refractivity contribution is 0.514. The molecule has 3 aromatic rings. The molecule has 1 nitrogen and oxygen atoms in total. The van der Waals surface area contributed by atoms with Gasteiger partial charge in [0.1, 0.15) is 17.4 Å². The maximum Gasteiger partial charge on any atom is 0.129 e. The fourth-order valence-corrected chi connectivity index (χ4v) is 4.65. The molecule has 0 atom stereocenters. The summed E-state index contributed by atoms with van der Waals surface area (Å²) in [6.07, 6.45) is 4.16. The highest BCUT2D eigenvalue weighted by molar-refractivity contribution is 9.10. The van der Waals surface area contributed by atoms with Gasteiger partial charge < -0.3 is 5.11 Å². The van der Waals surface area contributed by atoms with Crippen LogP contribution in [0.3, 0.4) is 0 Å². The summed E-state index contributed by atoms with van der Waals surface area (Å²) >= 11 is 3.60. The molecule has 0 radical (unpaired) electrons. The minimum absolute atomic E-state index is 0.0615. The van der Waals surface area contributed by atoms with Gasteiger partial charge in [-0.15, -0.1) is 0 Å². The van der Waals surface area contributed by atoms with E-state index in [0.29, 0.717) is 18.4 Å². The first kappa shape index (κ1) is 21.5. The Morgan fingerprint density at radius 2 is 1.65 bits per heavy atom. The molecule has 1 aliphatic carbocycles. The average molecular weight is 481 g/mol. The molecule has 0 saturated carbocycles. The fraction of sp³-hybridized carbons (Fsp3) is 0.185. The first-order chi connectivity index (χ1) is 14.9. The molecule has 158 valence electrons. The third kappa shape index (κ3) is 4.80. The van der Waals surface area contributed by atoms with Crippen molar-refractivity contribution in [3.63, 3.8) is 0 Å². The smallest absolute Gasteiger partial charge is 0.129 e. The number of hydrogen-bond acceptors (Lipinski definition) is 1. The van der Waals surface area contributed by atoms with E-state index in [1.165, 1.54) is 23.3 Å². The summed E-state index contributed by atoms with van der Waals surface area (Å²) in [5, 5.41) is 9.80. The van der Waals surface area contributed by atoms with Crippen LogP contribution in [-0.2, 0) is 12.8 Å². The Balaban J connectivity index is 1.71. The number of aliphatic hydroxyl groups excluding tert-OH is 1. The second-order valence-corrected chi connectivity index (χ2v) is 8.79. The van der Waals surface area contributed by atoms with Gasteiger partial charge in [-0.3, -0.25) is 0 Å². The van der Waals surface area contributed by atoms with E-state index in [1.54, 1.807) is 0 Å². The SMILES string of the molecule is C=C(O)c1cccc(C2=C(c3cc(Br)ccc3CCc3ccc(F)cc3F)CCC2)c1. The third-order valence-corrected chi connectivity index (χ3v) is 6.33. The van der Waals surface area contributed by atoms with Gasteiger partial charge in [-0.1, -0.05) is 52.8 Å². The molecule has 0 aliphatic heterocycles. The molecule has 0 saturated heterocycles. The number of hydrogen-bond donors (Lipinski definition) is 1. The highest BCUT2D eigenvalue weighted by Crippen LogP contribution is 2.42. The molecule has 3 aromatic carbocycles. The lowest BCUT2D eigenvalue weighted by Crippen LogP contribution is -2.00. The Hall–Kier alpha value is -2.72. The molecule has 0 heterocycles. The van der Waals surface area contributed by atoms with Crippen LogP contribution in [0.2, 0.25) is 0 Å². The first-order valence-corrected chi connectivity index (χ1v) is 11.1. The molecule has 0 spiro atoms. The van der Waals surface area contributed by atoms with Crippen LogP contribution in [0.25, 0.3) is 16.9 Å². The third-order valence-electron chi connectivity index (χ3n) is 5.84. The largest absolute Gasteiger partial charge is 0.508 e. The molecule has 1 N–H and O–H groups in total. The number of rotatable bonds is 6. The van der Waals surface area contributed by atoms with Crippen LogP contribution in [0.5, 0.6) is 0 Å². The summed E-state index contributed by atoms with van der Waals surface area (Å²) in [6, 6.07) is 17.8. The second-order valence-electron chi connectivity index (χ2n) is 7.88. The summed E-state index contributed by atoms with van der Waals surface area (Å²) < 4.78 is 28.4. The summed E-state index contributed by atoms with van der Waals surface area (Å²) in [4.78, 5) is 0. The van der Waals surface area contributed by atoms with E-state index in [-0.39, 0.29) is 5.76 Å². The minimum Gasteiger partial charge on any atom is -0.508 e. The fourth-order valence-electron chi connectivity index (χ4n) is 4.29. The average Bonchev–Trinajstić information content (AvgIpc) is 3.23. The Morgan fingerprint density at radius 1 is 0.903 bits per heavy atom. The number of allylic oxidation sites excluding steroid dienone is 2. The van der Waals surface area contributed by atoms with E-state index >= 15 is 0 Å². The Labute approximate surface area is 189 Å². The van der Waals surface area contributed by atoms with Crippen molar-refractivity contribution in [2.45, 2.75) is 32.1 Å². The van der Waals surface area contributed by atoms with Gasteiger partial charge in [0.2, 0.25) is 0 Å². The van der Waals surface area contributed by atoms with Crippen molar-refractivity contribution in [1.29, 1.82) is 0 Å². The van der Waals surface area contributed by atoms with Gasteiger partial charge >= 0.3 is 0 Å². The molecular formula is C27H23BrF2O. The molecule has 0 fully saturated rings. The van der Waals surface area contributed by atoms with Crippen molar-refractivity contribution in [3.05, 3.63) is 111 Å². The first-order valence-electron chi connectivity index (χ1n) is 10.4. The Kier molecular flexibility index (Phi) is 6.38. The van der Waals surface area contributed by atoms with Crippen LogP contribution in [0.15, 0.2) is 71.7 Å². The van der Waals surface area contributed by atoms with Crippen molar-refractivity contribution in [1.82, 2.24) is 0 Å². The lowest BCUT2D eigenvalue weighted by atomic mass is 9.91. The minimum atomic E-state index is -0.556. The van der Waals surface area contributed by atoms with Crippen LogP contribution < -0.4 is 0 Å². The maximum absolute atomic E-state index is 14.1. The van der Waals surface area contributed by atoms with Crippen LogP contribution in [0, 0.1) is 11.6 Å². The van der Waals surface area contributed by atoms with Crippen molar-refractivity contribution in [3.8, 4) is 0 Å². The predicted octanol–water partition coefficient (Wildman–Crippen LogP) is 8.14. The van der Waals surface area contributed by atoms with Crippen LogP contribution >= 0.6 is 15.9 Å². The zero-order valence-corrected chi connectivity index (χ0v) is 18.7. The van der Waals surface area contributed by atoms with Crippen LogP contribution in [0.1, 0.15) is 47.1 Å². The van der Waals surface area contributed by atoms with E-state index in [1.807, 2.05) is 24.3 Å². The van der Waals surface area contributed by atoms with Crippen molar-refractivity contribution >= 4 is 32.8 Å². The Bertz CT molecular complexity index is 1180. The normalized spacial score (nSPS) is 13.6. The molecule has 31 heavy (non-hydrogen) atoms. The topological polar surface area (TPSA) is 20.2 Å². The molecule has 4 heteroatoms. The predicted molar refractivity (Wildman–Crippen MR) is 127 cm³/mol. The van der Waals surface area contributed by atoms with Gasteiger partial charge in [-0.05, 0) is 89.8 Å². The van der Waals surface area contributed by atoms with E-state index in [4.69, 9.17) is 0 Å². The molecule has 0 amide bonds. The van der Waals surface area contributed by atoms with Gasteiger partial charge in [0, 0.05) is 16.1 Å². The van der Waals surface area contributed by atoms with Gasteiger partial charge in [0.15, 0.2) is 0 Å². The number of aliphatic hydroxyl groups is 1. The van der Waals surface area contributed by atoms with Gasteiger partial charge in [-0.2, -0.15) is 0 Å². The van der Waals surface area contributed by atoms with Gasteiger partial charge in [-0.25, -0.2) is 8.78 Å². The molecule has 1 aliphatic rings. The number of halogens is 3. The summed E-state index contributed by atoms with van der Waals surface area (Å²) in [6.45, 7) is 3.64. The second kappa shape index (κ2) is 9.19. The highest BCUT2D eigenvalue weighted by Gasteiger charge is 2.21. The molecular weight excluding hydrogens is 458 g/mol. The van der Waals surface area contributed by atoms with Crippen LogP contribution in [0.4, 0.5) is 8.78 Å². The maximum atomic E-state index is 14.1. The van der Waals surface area contributed by atoms with E-state index in [0.717, 1.165) is 52.1 Å². The summed E-state index contributed by atoms with van der Waals surface area (Å²) in [7, 11) is 0. The molecule has 0 aromatic heterocycles. The zero-order valence-electron chi connectivity index (χ0n) is 17.1. The number of aryl methyl sites for hydroxylation is 2. The van der Waals surface area contributed by atoms with Crippen LogP contribution in [-0.4, -0.2) is 5.11 Å². The van der Waals surface area contributed by atoms with Crippen molar-refractivity contribution in [2.24, 2.45) is 0 Å². The molecule has 0 bridgehead atoms. The summed E-state index contributed by atoms with van der Waals surface area (Å²) in [5.41, 5.74) is 7.20. The van der Waals surface area contributed by atoms with Gasteiger partial charge in [0.25, 0.3) is 0 Å². The summed E-state index contributed by atoms with van der Waals surface area (Å²) in [5.74, 6) is -0.994. The lowest BCUT2D eigenvalue weighted by Gasteiger charge is -2.15. The van der Waals surface area contributed by atoms with E-state index < -0.39 is 11.6 Å². The monoisotopic (exact) mass is 480 g/mol.